The van der Waals surface area contributed by atoms with Crippen LogP contribution in [0.3, 0.4) is 0 Å². The maximum absolute atomic E-state index is 5.56. The number of hydrogen-bond acceptors (Lipinski definition) is 6. The molecule has 172 valence electrons. The zero-order chi connectivity index (χ0) is 21.2. The molecule has 1 aromatic heterocycles. The zero-order valence-corrected chi connectivity index (χ0v) is 21.7. The van der Waals surface area contributed by atoms with Crippen molar-refractivity contribution in [1.82, 2.24) is 20.5 Å². The fourth-order valence-corrected chi connectivity index (χ4v) is 4.23. The molecule has 2 aromatic rings. The molecule has 0 saturated carbocycles. The third-order valence-electron chi connectivity index (χ3n) is 5.12. The van der Waals surface area contributed by atoms with Gasteiger partial charge in [0.25, 0.3) is 0 Å². The molecule has 1 fully saturated rings. The summed E-state index contributed by atoms with van der Waals surface area (Å²) in [5.41, 5.74) is 1.26. The molecule has 1 aliphatic heterocycles. The van der Waals surface area contributed by atoms with E-state index >= 15 is 0 Å². The Bertz CT molecular complexity index is 793. The molecule has 1 saturated heterocycles. The van der Waals surface area contributed by atoms with Gasteiger partial charge in [-0.05, 0) is 31.0 Å². The van der Waals surface area contributed by atoms with Crippen LogP contribution in [0.5, 0.6) is 5.75 Å². The number of thiazole rings is 1. The topological polar surface area (TPSA) is 71.0 Å². The van der Waals surface area contributed by atoms with Crippen molar-refractivity contribution in [2.75, 3.05) is 46.5 Å². The minimum Gasteiger partial charge on any atom is -0.497 e. The first kappa shape index (κ1) is 25.8. The predicted molar refractivity (Wildman–Crippen MR) is 138 cm³/mol. The third-order valence-corrected chi connectivity index (χ3v) is 6.24. The number of aromatic nitrogens is 1. The quantitative estimate of drug-likeness (QED) is 0.279. The summed E-state index contributed by atoms with van der Waals surface area (Å²) in [5, 5.41) is 7.94. The maximum Gasteiger partial charge on any atom is 0.191 e. The van der Waals surface area contributed by atoms with Gasteiger partial charge in [-0.25, -0.2) is 9.98 Å². The average Bonchev–Trinajstić information content (AvgIpc) is 3.27. The van der Waals surface area contributed by atoms with Crippen molar-refractivity contribution in [3.63, 3.8) is 0 Å². The van der Waals surface area contributed by atoms with Gasteiger partial charge in [-0.1, -0.05) is 19.1 Å². The summed E-state index contributed by atoms with van der Waals surface area (Å²) in [7, 11) is 1.70. The van der Waals surface area contributed by atoms with Crippen LogP contribution in [0.2, 0.25) is 0 Å². The van der Waals surface area contributed by atoms with Gasteiger partial charge in [-0.15, -0.1) is 35.3 Å². The number of benzene rings is 1. The molecule has 0 amide bonds. The summed E-state index contributed by atoms with van der Waals surface area (Å²) in [4.78, 5) is 13.0. The van der Waals surface area contributed by atoms with Crippen LogP contribution in [-0.4, -0.2) is 62.3 Å². The molecule has 1 aromatic carbocycles. The second kappa shape index (κ2) is 13.9. The highest BCUT2D eigenvalue weighted by atomic mass is 127. The number of halogens is 1. The van der Waals surface area contributed by atoms with Gasteiger partial charge in [0.05, 0.1) is 32.9 Å². The van der Waals surface area contributed by atoms with E-state index in [9.17, 15) is 0 Å². The Morgan fingerprint density at radius 2 is 1.97 bits per heavy atom. The van der Waals surface area contributed by atoms with Gasteiger partial charge in [0, 0.05) is 37.3 Å². The van der Waals surface area contributed by atoms with E-state index in [2.05, 4.69) is 46.5 Å². The Balaban J connectivity index is 0.00000341. The molecular formula is C22H34IN5O2S. The minimum absolute atomic E-state index is 0. The highest BCUT2D eigenvalue weighted by Gasteiger charge is 2.23. The largest absolute Gasteiger partial charge is 0.497 e. The van der Waals surface area contributed by atoms with E-state index in [4.69, 9.17) is 14.5 Å². The molecule has 2 heterocycles. The van der Waals surface area contributed by atoms with Crippen LogP contribution in [0.4, 0.5) is 0 Å². The van der Waals surface area contributed by atoms with Gasteiger partial charge in [0.15, 0.2) is 5.96 Å². The molecular weight excluding hydrogens is 525 g/mol. The number of hydrogen-bond donors (Lipinski definition) is 2. The van der Waals surface area contributed by atoms with E-state index in [1.807, 2.05) is 18.3 Å². The van der Waals surface area contributed by atoms with Crippen LogP contribution in [0.1, 0.15) is 35.3 Å². The van der Waals surface area contributed by atoms with Crippen molar-refractivity contribution in [3.8, 4) is 5.75 Å². The number of ether oxygens (including phenoxy) is 2. The lowest BCUT2D eigenvalue weighted by Crippen LogP contribution is -2.46. The van der Waals surface area contributed by atoms with E-state index in [1.54, 1.807) is 18.4 Å². The number of rotatable bonds is 9. The first-order chi connectivity index (χ1) is 14.7. The minimum atomic E-state index is 0. The summed E-state index contributed by atoms with van der Waals surface area (Å²) in [6, 6.07) is 8.57. The number of aryl methyl sites for hydroxylation is 1. The molecule has 9 heteroatoms. The van der Waals surface area contributed by atoms with Gasteiger partial charge in [0.2, 0.25) is 0 Å². The second-order valence-corrected chi connectivity index (χ2v) is 8.29. The third kappa shape index (κ3) is 7.89. The summed E-state index contributed by atoms with van der Waals surface area (Å²) < 4.78 is 10.9. The second-order valence-electron chi connectivity index (χ2n) is 7.09. The molecule has 0 aliphatic carbocycles. The molecule has 1 aliphatic rings. The normalized spacial score (nSPS) is 15.8. The van der Waals surface area contributed by atoms with Gasteiger partial charge in [-0.2, -0.15) is 0 Å². The summed E-state index contributed by atoms with van der Waals surface area (Å²) >= 11 is 1.73. The van der Waals surface area contributed by atoms with Gasteiger partial charge < -0.3 is 20.1 Å². The zero-order valence-electron chi connectivity index (χ0n) is 18.6. The highest BCUT2D eigenvalue weighted by molar-refractivity contribution is 14.0. The Morgan fingerprint density at radius 3 is 2.58 bits per heavy atom. The Hall–Kier alpha value is -1.43. The van der Waals surface area contributed by atoms with Gasteiger partial charge in [0.1, 0.15) is 10.8 Å². The lowest BCUT2D eigenvalue weighted by Gasteiger charge is -2.35. The van der Waals surface area contributed by atoms with Crippen LogP contribution in [-0.2, 0) is 17.7 Å². The molecule has 1 atom stereocenters. The number of nitrogens with one attached hydrogen (secondary N) is 2. The molecule has 0 bridgehead atoms. The lowest BCUT2D eigenvalue weighted by molar-refractivity contribution is 0.0170. The van der Waals surface area contributed by atoms with Crippen molar-refractivity contribution >= 4 is 41.3 Å². The van der Waals surface area contributed by atoms with Crippen LogP contribution in [0.15, 0.2) is 35.5 Å². The number of methoxy groups -OCH3 is 1. The first-order valence-corrected chi connectivity index (χ1v) is 11.5. The predicted octanol–water partition coefficient (Wildman–Crippen LogP) is 3.46. The molecule has 7 nitrogen and oxygen atoms in total. The fraction of sp³-hybridized carbons (Fsp3) is 0.545. The summed E-state index contributed by atoms with van der Waals surface area (Å²) in [5.74, 6) is 1.69. The van der Waals surface area contributed by atoms with Crippen molar-refractivity contribution in [1.29, 1.82) is 0 Å². The standard InChI is InChI=1S/C22H33N5O2S.HI/c1-4-19-14-24-21(30-19)16-26-22(23-5-2)25-15-20(27-10-12-29-13-11-27)17-6-8-18(28-3)9-7-17;/h6-9,14,20H,4-5,10-13,15-16H2,1-3H3,(H2,23,25,26);1H. The summed E-state index contributed by atoms with van der Waals surface area (Å²) in [6.07, 6.45) is 2.97. The Morgan fingerprint density at radius 1 is 1.23 bits per heavy atom. The van der Waals surface area contributed by atoms with E-state index in [0.29, 0.717) is 6.54 Å². The maximum atomic E-state index is 5.56. The fourth-order valence-electron chi connectivity index (χ4n) is 3.44. The van der Waals surface area contributed by atoms with E-state index < -0.39 is 0 Å². The van der Waals surface area contributed by atoms with Crippen LogP contribution < -0.4 is 15.4 Å². The smallest absolute Gasteiger partial charge is 0.191 e. The molecule has 0 radical (unpaired) electrons. The molecule has 0 spiro atoms. The van der Waals surface area contributed by atoms with Gasteiger partial charge in [-0.3, -0.25) is 4.90 Å². The molecule has 31 heavy (non-hydrogen) atoms. The Kier molecular flexibility index (Phi) is 11.6. The molecule has 3 rings (SSSR count). The number of aliphatic imine (C=N–C) groups is 1. The first-order valence-electron chi connectivity index (χ1n) is 10.6. The number of guanidine groups is 1. The lowest BCUT2D eigenvalue weighted by atomic mass is 10.0. The van der Waals surface area contributed by atoms with Crippen molar-refractivity contribution in [2.24, 2.45) is 4.99 Å². The van der Waals surface area contributed by atoms with E-state index in [1.165, 1.54) is 10.4 Å². The average molecular weight is 560 g/mol. The number of nitrogens with zero attached hydrogens (tertiary/aromatic N) is 3. The van der Waals surface area contributed by atoms with E-state index in [-0.39, 0.29) is 30.0 Å². The van der Waals surface area contributed by atoms with Crippen molar-refractivity contribution < 1.29 is 9.47 Å². The van der Waals surface area contributed by atoms with Gasteiger partial charge >= 0.3 is 0 Å². The SMILES string of the molecule is CCNC(=NCc1ncc(CC)s1)NCC(c1ccc(OC)cc1)N1CCOCC1.I. The van der Waals surface area contributed by atoms with Crippen LogP contribution in [0.25, 0.3) is 0 Å². The molecule has 2 N–H and O–H groups in total. The monoisotopic (exact) mass is 559 g/mol. The molecule has 1 unspecified atom stereocenters. The van der Waals surface area contributed by atoms with Crippen molar-refractivity contribution in [2.45, 2.75) is 32.9 Å². The van der Waals surface area contributed by atoms with Crippen LogP contribution >= 0.6 is 35.3 Å². The van der Waals surface area contributed by atoms with Crippen molar-refractivity contribution in [3.05, 3.63) is 45.9 Å². The van der Waals surface area contributed by atoms with E-state index in [0.717, 1.165) is 62.5 Å². The number of morpholine rings is 1. The van der Waals surface area contributed by atoms with Crippen LogP contribution in [0, 0.1) is 0 Å². The summed E-state index contributed by atoms with van der Waals surface area (Å²) in [6.45, 7) is 9.77. The highest BCUT2D eigenvalue weighted by Crippen LogP contribution is 2.23. The Labute approximate surface area is 206 Å².